The molecule has 3 aromatic carbocycles. The third-order valence-electron chi connectivity index (χ3n) is 7.53. The quantitative estimate of drug-likeness (QED) is 0.328. The van der Waals surface area contributed by atoms with Gasteiger partial charge in [0, 0.05) is 43.2 Å². The average Bonchev–Trinajstić information content (AvgIpc) is 3.34. The van der Waals surface area contributed by atoms with Gasteiger partial charge < -0.3 is 40.0 Å². The molecule has 222 valence electrons. The number of urea groups is 2. The molecule has 4 amide bonds. The van der Waals surface area contributed by atoms with Crippen molar-refractivity contribution >= 4 is 34.8 Å². The SMILES string of the molecule is COc1ccc(C)cc1NC(=O)Nc1ccc(N2CCN(C(=O)Nc3ccc([C@H]4COC(C)(C)O4)cc3C)CC2)cc1. The number of aryl methyl sites for hydroxylation is 2. The monoisotopic (exact) mass is 573 g/mol. The van der Waals surface area contributed by atoms with Crippen molar-refractivity contribution < 1.29 is 23.8 Å². The minimum absolute atomic E-state index is 0.108. The summed E-state index contributed by atoms with van der Waals surface area (Å²) in [6.07, 6.45) is -0.110. The lowest BCUT2D eigenvalue weighted by Crippen LogP contribution is -2.50. The zero-order chi connectivity index (χ0) is 29.9. The predicted molar refractivity (Wildman–Crippen MR) is 165 cm³/mol. The predicted octanol–water partition coefficient (Wildman–Crippen LogP) is 6.13. The fraction of sp³-hybridized carbons (Fsp3) is 0.375. The summed E-state index contributed by atoms with van der Waals surface area (Å²) >= 11 is 0. The van der Waals surface area contributed by atoms with E-state index in [1.165, 1.54) is 0 Å². The van der Waals surface area contributed by atoms with Crippen LogP contribution in [0.5, 0.6) is 5.75 Å². The van der Waals surface area contributed by atoms with Gasteiger partial charge in [-0.15, -0.1) is 0 Å². The molecule has 0 radical (unpaired) electrons. The number of ether oxygens (including phenoxy) is 3. The Labute approximate surface area is 246 Å². The summed E-state index contributed by atoms with van der Waals surface area (Å²) in [6.45, 7) is 10.9. The molecular weight excluding hydrogens is 534 g/mol. The minimum atomic E-state index is -0.583. The molecule has 10 nitrogen and oxygen atoms in total. The third-order valence-corrected chi connectivity index (χ3v) is 7.53. The van der Waals surface area contributed by atoms with Gasteiger partial charge in [-0.2, -0.15) is 0 Å². The van der Waals surface area contributed by atoms with Gasteiger partial charge in [-0.3, -0.25) is 0 Å². The van der Waals surface area contributed by atoms with Crippen molar-refractivity contribution in [1.29, 1.82) is 0 Å². The van der Waals surface area contributed by atoms with E-state index in [0.29, 0.717) is 49.9 Å². The molecule has 0 aliphatic carbocycles. The van der Waals surface area contributed by atoms with E-state index in [2.05, 4.69) is 20.9 Å². The Hall–Kier alpha value is -4.28. The highest BCUT2D eigenvalue weighted by Crippen LogP contribution is 2.34. The lowest BCUT2D eigenvalue weighted by atomic mass is 10.1. The summed E-state index contributed by atoms with van der Waals surface area (Å²) in [4.78, 5) is 29.6. The first kappa shape index (κ1) is 29.2. The molecule has 2 heterocycles. The summed E-state index contributed by atoms with van der Waals surface area (Å²) in [5.74, 6) is 0.0149. The molecule has 2 aliphatic heterocycles. The maximum Gasteiger partial charge on any atom is 0.323 e. The number of methoxy groups -OCH3 is 1. The molecule has 0 bridgehead atoms. The van der Waals surface area contributed by atoms with Gasteiger partial charge >= 0.3 is 12.1 Å². The van der Waals surface area contributed by atoms with Crippen molar-refractivity contribution in [3.63, 3.8) is 0 Å². The number of nitrogens with one attached hydrogen (secondary N) is 3. The van der Waals surface area contributed by atoms with E-state index in [-0.39, 0.29) is 18.2 Å². The van der Waals surface area contributed by atoms with Crippen LogP contribution in [-0.2, 0) is 9.47 Å². The highest BCUT2D eigenvalue weighted by Gasteiger charge is 2.33. The van der Waals surface area contributed by atoms with E-state index in [0.717, 1.165) is 28.1 Å². The Bertz CT molecular complexity index is 1430. The maximum atomic E-state index is 13.0. The molecule has 0 unspecified atom stereocenters. The average molecular weight is 574 g/mol. The van der Waals surface area contributed by atoms with Crippen LogP contribution >= 0.6 is 0 Å². The highest BCUT2D eigenvalue weighted by molar-refractivity contribution is 6.00. The Balaban J connectivity index is 1.10. The largest absolute Gasteiger partial charge is 0.495 e. The number of carbonyl (C=O) groups excluding carboxylic acids is 2. The number of amides is 4. The molecule has 10 heteroatoms. The topological polar surface area (TPSA) is 104 Å². The van der Waals surface area contributed by atoms with Crippen molar-refractivity contribution in [2.24, 2.45) is 0 Å². The first-order chi connectivity index (χ1) is 20.1. The van der Waals surface area contributed by atoms with Crippen LogP contribution in [0.2, 0.25) is 0 Å². The number of nitrogens with zero attached hydrogens (tertiary/aromatic N) is 2. The Morgan fingerprint density at radius 2 is 1.62 bits per heavy atom. The molecule has 2 fully saturated rings. The van der Waals surface area contributed by atoms with E-state index in [1.54, 1.807) is 7.11 Å². The molecule has 3 N–H and O–H groups in total. The van der Waals surface area contributed by atoms with Crippen LogP contribution in [0.3, 0.4) is 0 Å². The number of hydrogen-bond acceptors (Lipinski definition) is 6. The second-order valence-corrected chi connectivity index (χ2v) is 11.1. The molecular formula is C32H39N5O5. The van der Waals surface area contributed by atoms with Gasteiger partial charge in [0.15, 0.2) is 5.79 Å². The van der Waals surface area contributed by atoms with E-state index in [4.69, 9.17) is 14.2 Å². The van der Waals surface area contributed by atoms with Crippen LogP contribution in [0, 0.1) is 13.8 Å². The van der Waals surface area contributed by atoms with Crippen LogP contribution in [-0.4, -0.2) is 62.6 Å². The summed E-state index contributed by atoms with van der Waals surface area (Å²) in [6, 6.07) is 18.8. The lowest BCUT2D eigenvalue weighted by molar-refractivity contribution is -0.139. The van der Waals surface area contributed by atoms with Crippen molar-refractivity contribution in [3.05, 3.63) is 77.4 Å². The van der Waals surface area contributed by atoms with Crippen molar-refractivity contribution in [2.75, 3.05) is 60.7 Å². The fourth-order valence-corrected chi connectivity index (χ4v) is 5.20. The number of anilines is 4. The molecule has 2 aliphatic rings. The van der Waals surface area contributed by atoms with Gasteiger partial charge in [-0.05, 0) is 86.8 Å². The van der Waals surface area contributed by atoms with Crippen LogP contribution < -0.4 is 25.6 Å². The Kier molecular flexibility index (Phi) is 8.56. The summed E-state index contributed by atoms with van der Waals surface area (Å²) in [7, 11) is 1.57. The Morgan fingerprint density at radius 3 is 2.26 bits per heavy atom. The van der Waals surface area contributed by atoms with Crippen LogP contribution in [0.4, 0.5) is 32.3 Å². The summed E-state index contributed by atoms with van der Waals surface area (Å²) in [5, 5.41) is 8.77. The second kappa shape index (κ2) is 12.3. The van der Waals surface area contributed by atoms with Crippen molar-refractivity contribution in [2.45, 2.75) is 39.6 Å². The molecule has 2 saturated heterocycles. The molecule has 0 saturated carbocycles. The molecule has 0 aromatic heterocycles. The van der Waals surface area contributed by atoms with E-state index in [9.17, 15) is 9.59 Å². The molecule has 0 spiro atoms. The van der Waals surface area contributed by atoms with Crippen LogP contribution in [0.15, 0.2) is 60.7 Å². The van der Waals surface area contributed by atoms with Gasteiger partial charge in [-0.1, -0.05) is 18.2 Å². The molecule has 5 rings (SSSR count). The first-order valence-electron chi connectivity index (χ1n) is 14.2. The fourth-order valence-electron chi connectivity index (χ4n) is 5.20. The van der Waals surface area contributed by atoms with Gasteiger partial charge in [0.2, 0.25) is 0 Å². The smallest absolute Gasteiger partial charge is 0.323 e. The standard InChI is InChI=1S/C32H39N5O5/c1-21-6-13-28(40-5)27(18-21)34-30(38)33-24-8-10-25(11-9-24)36-14-16-37(17-15-36)31(39)35-26-12-7-23(19-22(26)2)29-20-41-32(3,4)42-29/h6-13,18-19,29H,14-17,20H2,1-5H3,(H,35,39)(H2,33,34,38)/t29-/m1/s1. The number of hydrogen-bond donors (Lipinski definition) is 3. The number of rotatable bonds is 6. The summed E-state index contributed by atoms with van der Waals surface area (Å²) < 4.78 is 17.0. The lowest BCUT2D eigenvalue weighted by Gasteiger charge is -2.36. The second-order valence-electron chi connectivity index (χ2n) is 11.1. The van der Waals surface area contributed by atoms with Gasteiger partial charge in [0.1, 0.15) is 11.9 Å². The van der Waals surface area contributed by atoms with Gasteiger partial charge in [0.25, 0.3) is 0 Å². The van der Waals surface area contributed by atoms with Crippen LogP contribution in [0.25, 0.3) is 0 Å². The van der Waals surface area contributed by atoms with Crippen LogP contribution in [0.1, 0.15) is 36.6 Å². The van der Waals surface area contributed by atoms with E-state index < -0.39 is 5.79 Å². The number of piperazine rings is 1. The Morgan fingerprint density at radius 1 is 0.881 bits per heavy atom. The molecule has 1 atom stereocenters. The zero-order valence-electron chi connectivity index (χ0n) is 24.8. The normalized spacial score (nSPS) is 18.0. The maximum absolute atomic E-state index is 13.0. The van der Waals surface area contributed by atoms with Gasteiger partial charge in [0.05, 0.1) is 19.4 Å². The molecule has 3 aromatic rings. The van der Waals surface area contributed by atoms with E-state index >= 15 is 0 Å². The highest BCUT2D eigenvalue weighted by atomic mass is 16.7. The molecule has 42 heavy (non-hydrogen) atoms. The number of carbonyl (C=O) groups is 2. The summed E-state index contributed by atoms with van der Waals surface area (Å²) in [5.41, 5.74) is 6.15. The van der Waals surface area contributed by atoms with Crippen molar-refractivity contribution in [1.82, 2.24) is 4.90 Å². The van der Waals surface area contributed by atoms with E-state index in [1.807, 2.05) is 93.3 Å². The van der Waals surface area contributed by atoms with Crippen molar-refractivity contribution in [3.8, 4) is 5.75 Å². The third kappa shape index (κ3) is 6.95. The number of benzene rings is 3. The zero-order valence-corrected chi connectivity index (χ0v) is 24.8. The van der Waals surface area contributed by atoms with Gasteiger partial charge in [-0.25, -0.2) is 9.59 Å². The first-order valence-corrected chi connectivity index (χ1v) is 14.2. The minimum Gasteiger partial charge on any atom is -0.495 e.